The van der Waals surface area contributed by atoms with Crippen LogP contribution in [0.2, 0.25) is 0 Å². The molecule has 4 heteroatoms. The van der Waals surface area contributed by atoms with Crippen LogP contribution in [0.4, 0.5) is 0 Å². The predicted molar refractivity (Wildman–Crippen MR) is 83.7 cm³/mol. The van der Waals surface area contributed by atoms with Gasteiger partial charge in [0.05, 0.1) is 0 Å². The molecule has 1 unspecified atom stereocenters. The van der Waals surface area contributed by atoms with E-state index in [1.54, 1.807) is 0 Å². The molecule has 64 valence electrons. The molecule has 0 saturated heterocycles. The van der Waals surface area contributed by atoms with Crippen LogP contribution in [0.15, 0.2) is 42.9 Å². The molecule has 1 rings (SSSR count). The first kappa shape index (κ1) is 11.4. The van der Waals surface area contributed by atoms with Crippen LogP contribution in [0.1, 0.15) is 0 Å². The van der Waals surface area contributed by atoms with Crippen molar-refractivity contribution in [3.63, 3.8) is 0 Å². The molecule has 0 aromatic rings. The summed E-state index contributed by atoms with van der Waals surface area (Å²) in [4.78, 5) is 0. The Bertz CT molecular complexity index is 276. The van der Waals surface area contributed by atoms with Gasteiger partial charge in [0.2, 0.25) is 0 Å². The van der Waals surface area contributed by atoms with Gasteiger partial charge in [-0.3, -0.25) is 0 Å². The van der Waals surface area contributed by atoms with E-state index in [1.165, 1.54) is 6.78 Å². The molecule has 0 N–H and O–H groups in total. The van der Waals surface area contributed by atoms with E-state index in [1.807, 2.05) is 0 Å². The zero-order chi connectivity index (χ0) is 8.97. The third-order valence-electron chi connectivity index (χ3n) is 1.33. The van der Waals surface area contributed by atoms with Gasteiger partial charge in [0, 0.05) is 6.78 Å². The topological polar surface area (TPSA) is 0 Å². The molecule has 0 aliphatic carbocycles. The molecule has 1 aliphatic rings. The molecule has 0 radical (unpaired) electrons. The van der Waals surface area contributed by atoms with Crippen LogP contribution < -0.4 is 0 Å². The summed E-state index contributed by atoms with van der Waals surface area (Å²) in [5.74, 6) is 0. The first-order valence-corrected chi connectivity index (χ1v) is 11.0. The first-order chi connectivity index (χ1) is 5.72. The Balaban J connectivity index is 3.00. The van der Waals surface area contributed by atoms with Gasteiger partial charge in [-0.25, -0.2) is 0 Å². The molecule has 1 atom stereocenters. The van der Waals surface area contributed by atoms with E-state index in [0.717, 1.165) is 0 Å². The Morgan fingerprint density at radius 3 is 2.42 bits per heavy atom. The molecule has 0 spiro atoms. The molecular formula is C8H7I3Si. The fourth-order valence-electron chi connectivity index (χ4n) is 0.726. The standard InChI is InChI=1S/C8H7I3Si/c9-7-5-3-1-2-4-6-12(11)8(7)10/h1-6,12H. The van der Waals surface area contributed by atoms with Crippen LogP contribution in [-0.2, 0) is 0 Å². The highest BCUT2D eigenvalue weighted by Crippen LogP contribution is 2.26. The Kier molecular flexibility index (Phi) is 5.69. The van der Waals surface area contributed by atoms with Crippen LogP contribution in [0.25, 0.3) is 0 Å². The first-order valence-electron chi connectivity index (χ1n) is 3.42. The molecule has 0 aromatic carbocycles. The summed E-state index contributed by atoms with van der Waals surface area (Å²) >= 11 is 7.44. The maximum Gasteiger partial charge on any atom is 0.171 e. The zero-order valence-corrected chi connectivity index (χ0v) is 13.8. The smallest absolute Gasteiger partial charge is 0.111 e. The highest BCUT2D eigenvalue weighted by molar-refractivity contribution is 14.1. The average molecular weight is 512 g/mol. The van der Waals surface area contributed by atoms with Gasteiger partial charge in [0.1, 0.15) is 0 Å². The van der Waals surface area contributed by atoms with Crippen molar-refractivity contribution in [1.82, 2.24) is 0 Å². The van der Waals surface area contributed by atoms with Gasteiger partial charge in [-0.2, -0.15) is 0 Å². The van der Waals surface area contributed by atoms with Crippen LogP contribution in [-0.4, -0.2) is 6.29 Å². The molecular weight excluding hydrogens is 505 g/mol. The van der Waals surface area contributed by atoms with E-state index in [9.17, 15) is 0 Å². The fourth-order valence-corrected chi connectivity index (χ4v) is 7.11. The minimum absolute atomic E-state index is 0.804. The van der Waals surface area contributed by atoms with Crippen molar-refractivity contribution in [2.45, 2.75) is 0 Å². The second-order valence-corrected chi connectivity index (χ2v) is 11.5. The molecule has 1 aliphatic heterocycles. The maximum atomic E-state index is 2.57. The van der Waals surface area contributed by atoms with E-state index < -0.39 is 6.29 Å². The molecule has 0 amide bonds. The van der Waals surface area contributed by atoms with Crippen LogP contribution in [0.3, 0.4) is 0 Å². The third-order valence-corrected chi connectivity index (χ3v) is 14.5. The summed E-state index contributed by atoms with van der Waals surface area (Å²) in [7, 11) is 0. The normalized spacial score (nSPS) is 23.8. The molecule has 0 bridgehead atoms. The van der Waals surface area contributed by atoms with Crippen molar-refractivity contribution in [3.8, 4) is 0 Å². The SMILES string of the molecule is IC1=C(I)[SiH](I)C=CC=CC=C1. The Labute approximate surface area is 114 Å². The van der Waals surface area contributed by atoms with Gasteiger partial charge in [0.25, 0.3) is 0 Å². The van der Waals surface area contributed by atoms with E-state index in [2.05, 4.69) is 103 Å². The van der Waals surface area contributed by atoms with Crippen LogP contribution in [0.5, 0.6) is 0 Å². The monoisotopic (exact) mass is 512 g/mol. The van der Waals surface area contributed by atoms with Gasteiger partial charge in [0.15, 0.2) is 6.29 Å². The molecule has 0 saturated carbocycles. The van der Waals surface area contributed by atoms with Gasteiger partial charge in [-0.05, 0) is 28.7 Å². The molecule has 0 aromatic heterocycles. The summed E-state index contributed by atoms with van der Waals surface area (Å²) in [6, 6.07) is 0. The Morgan fingerprint density at radius 2 is 1.67 bits per heavy atom. The minimum Gasteiger partial charge on any atom is -0.111 e. The minimum atomic E-state index is -0.804. The third kappa shape index (κ3) is 3.62. The van der Waals surface area contributed by atoms with Crippen molar-refractivity contribution in [1.29, 1.82) is 0 Å². The second-order valence-electron chi connectivity index (χ2n) is 2.23. The van der Waals surface area contributed by atoms with E-state index in [-0.39, 0.29) is 0 Å². The largest absolute Gasteiger partial charge is 0.171 e. The zero-order valence-electron chi connectivity index (χ0n) is 6.18. The average Bonchev–Trinajstić information content (AvgIpc) is 2.12. The Morgan fingerprint density at radius 1 is 1.00 bits per heavy atom. The second kappa shape index (κ2) is 5.97. The summed E-state index contributed by atoms with van der Waals surface area (Å²) in [5, 5.41) is 0. The van der Waals surface area contributed by atoms with Gasteiger partial charge >= 0.3 is 0 Å². The van der Waals surface area contributed by atoms with Crippen molar-refractivity contribution in [2.75, 3.05) is 0 Å². The molecule has 0 nitrogen and oxygen atoms in total. The van der Waals surface area contributed by atoms with Crippen molar-refractivity contribution in [3.05, 3.63) is 42.9 Å². The number of hydrogen-bond donors (Lipinski definition) is 0. The van der Waals surface area contributed by atoms with Crippen molar-refractivity contribution >= 4 is 73.3 Å². The number of hydrogen-bond acceptors (Lipinski definition) is 0. The van der Waals surface area contributed by atoms with Gasteiger partial charge in [-0.15, -0.1) is 21.8 Å². The quantitative estimate of drug-likeness (QED) is 0.262. The fraction of sp³-hybridized carbons (Fsp3) is 0. The molecule has 0 fully saturated rings. The highest BCUT2D eigenvalue weighted by atomic mass is 127. The summed E-state index contributed by atoms with van der Waals surface area (Å²) in [6.07, 6.45) is 9.78. The summed E-state index contributed by atoms with van der Waals surface area (Å²) < 4.78 is 2.92. The number of halogens is 3. The van der Waals surface area contributed by atoms with Gasteiger partial charge in [-0.1, -0.05) is 52.6 Å². The van der Waals surface area contributed by atoms with Crippen LogP contribution >= 0.6 is 67.0 Å². The summed E-state index contributed by atoms with van der Waals surface area (Å²) in [6.45, 7) is 0. The Hall–Kier alpha value is 1.37. The van der Waals surface area contributed by atoms with Gasteiger partial charge < -0.3 is 0 Å². The lowest BCUT2D eigenvalue weighted by Gasteiger charge is -2.01. The lowest BCUT2D eigenvalue weighted by atomic mass is 10.4. The highest BCUT2D eigenvalue weighted by Gasteiger charge is 2.08. The number of rotatable bonds is 0. The molecule has 12 heavy (non-hydrogen) atoms. The van der Waals surface area contributed by atoms with Crippen molar-refractivity contribution < 1.29 is 0 Å². The van der Waals surface area contributed by atoms with Crippen LogP contribution in [0, 0.1) is 0 Å². The van der Waals surface area contributed by atoms with Crippen molar-refractivity contribution in [2.24, 2.45) is 0 Å². The van der Waals surface area contributed by atoms with E-state index >= 15 is 0 Å². The maximum absolute atomic E-state index is 2.57. The summed E-state index contributed by atoms with van der Waals surface area (Å²) in [5.41, 5.74) is 2.34. The lowest BCUT2D eigenvalue weighted by Crippen LogP contribution is -1.99. The molecule has 1 heterocycles. The number of allylic oxidation sites excluding steroid dienone is 6. The lowest BCUT2D eigenvalue weighted by molar-refractivity contribution is 1.90. The van der Waals surface area contributed by atoms with E-state index in [4.69, 9.17) is 0 Å². The van der Waals surface area contributed by atoms with E-state index in [0.29, 0.717) is 0 Å². The predicted octanol–water partition coefficient (Wildman–Crippen LogP) is 3.99.